The molecule has 5 heteroatoms. The fourth-order valence-electron chi connectivity index (χ4n) is 13.8. The third-order valence-corrected chi connectivity index (χ3v) is 16.5. The molecule has 10 aromatic carbocycles. The predicted octanol–water partition coefficient (Wildman–Crippen LogP) is 19.8. The summed E-state index contributed by atoms with van der Waals surface area (Å²) in [6.45, 7) is 25.9. The predicted molar refractivity (Wildman–Crippen MR) is 329 cm³/mol. The summed E-state index contributed by atoms with van der Waals surface area (Å²) in [6.07, 6.45) is 0. The lowest BCUT2D eigenvalue weighted by Crippen LogP contribution is -2.06. The number of aromatic nitrogens is 2. The molecule has 0 saturated carbocycles. The number of nitriles is 2. The van der Waals surface area contributed by atoms with E-state index in [1.54, 1.807) is 12.1 Å². The number of aryl methyl sites for hydroxylation is 12. The Morgan fingerprint density at radius 2 is 0.582 bits per heavy atom. The van der Waals surface area contributed by atoms with Crippen LogP contribution in [-0.2, 0) is 0 Å². The van der Waals surface area contributed by atoms with Crippen molar-refractivity contribution in [3.63, 3.8) is 0 Å². The first-order valence-electron chi connectivity index (χ1n) is 27.2. The zero-order valence-corrected chi connectivity index (χ0v) is 47.1. The molecule has 0 saturated heterocycles. The molecule has 2 heterocycles. The van der Waals surface area contributed by atoms with Gasteiger partial charge in [0.15, 0.2) is 0 Å². The van der Waals surface area contributed by atoms with Crippen LogP contribution in [0.15, 0.2) is 152 Å². The van der Waals surface area contributed by atoms with Crippen LogP contribution in [0, 0.1) is 112 Å². The Labute approximate surface area is 462 Å². The molecular formula is C74H61FN4. The minimum absolute atomic E-state index is 0.218. The molecule has 4 nitrogen and oxygen atoms in total. The second-order valence-corrected chi connectivity index (χ2v) is 22.5. The Morgan fingerprint density at radius 3 is 0.835 bits per heavy atom. The van der Waals surface area contributed by atoms with Crippen molar-refractivity contribution in [2.45, 2.75) is 83.1 Å². The first-order chi connectivity index (χ1) is 37.9. The molecule has 79 heavy (non-hydrogen) atoms. The monoisotopic (exact) mass is 1020 g/mol. The van der Waals surface area contributed by atoms with Gasteiger partial charge in [0, 0.05) is 32.7 Å². The van der Waals surface area contributed by atoms with Gasteiger partial charge in [0.25, 0.3) is 0 Å². The van der Waals surface area contributed by atoms with Crippen molar-refractivity contribution in [2.24, 2.45) is 0 Å². The van der Waals surface area contributed by atoms with Crippen LogP contribution in [-0.4, -0.2) is 9.13 Å². The van der Waals surface area contributed by atoms with Crippen molar-refractivity contribution >= 4 is 43.6 Å². The van der Waals surface area contributed by atoms with E-state index in [4.69, 9.17) is 0 Å². The topological polar surface area (TPSA) is 57.4 Å². The van der Waals surface area contributed by atoms with Crippen LogP contribution in [0.4, 0.5) is 4.39 Å². The third kappa shape index (κ3) is 8.32. The Bertz CT molecular complexity index is 4130. The third-order valence-electron chi connectivity index (χ3n) is 16.5. The van der Waals surface area contributed by atoms with Crippen molar-refractivity contribution in [3.8, 4) is 79.1 Å². The van der Waals surface area contributed by atoms with Gasteiger partial charge < -0.3 is 9.13 Å². The van der Waals surface area contributed by atoms with Gasteiger partial charge >= 0.3 is 0 Å². The van der Waals surface area contributed by atoms with E-state index in [2.05, 4.69) is 226 Å². The molecule has 0 bridgehead atoms. The summed E-state index contributed by atoms with van der Waals surface area (Å²) in [4.78, 5) is 0. The minimum atomic E-state index is -0.538. The van der Waals surface area contributed by atoms with Crippen LogP contribution < -0.4 is 0 Å². The van der Waals surface area contributed by atoms with E-state index in [1.165, 1.54) is 72.8 Å². The molecule has 12 rings (SSSR count). The molecule has 0 aliphatic rings. The lowest BCUT2D eigenvalue weighted by molar-refractivity contribution is 0.630. The summed E-state index contributed by atoms with van der Waals surface area (Å²) < 4.78 is 22.3. The number of hydrogen-bond acceptors (Lipinski definition) is 2. The highest BCUT2D eigenvalue weighted by molar-refractivity contribution is 6.14. The lowest BCUT2D eigenvalue weighted by Gasteiger charge is -2.22. The Kier molecular flexibility index (Phi) is 12.2. The van der Waals surface area contributed by atoms with Gasteiger partial charge in [0.05, 0.1) is 56.7 Å². The van der Waals surface area contributed by atoms with Crippen LogP contribution in [0.1, 0.15) is 77.9 Å². The number of nitrogens with zero attached hydrogens (tertiary/aromatic N) is 4. The molecule has 0 atom stereocenters. The first kappa shape index (κ1) is 50.5. The average Bonchev–Trinajstić information content (AvgIpc) is 3.47. The molecular weight excluding hydrogens is 964 g/mol. The normalized spacial score (nSPS) is 11.6. The van der Waals surface area contributed by atoms with Crippen molar-refractivity contribution in [1.29, 1.82) is 10.5 Å². The maximum Gasteiger partial charge on any atom is 0.132 e. The van der Waals surface area contributed by atoms with E-state index in [1.807, 2.05) is 12.1 Å². The zero-order chi connectivity index (χ0) is 55.5. The van der Waals surface area contributed by atoms with Crippen LogP contribution in [0.3, 0.4) is 0 Å². The Hall–Kier alpha value is -9.29. The maximum atomic E-state index is 17.8. The van der Waals surface area contributed by atoms with Crippen molar-refractivity contribution in [1.82, 2.24) is 9.13 Å². The van der Waals surface area contributed by atoms with E-state index < -0.39 is 5.82 Å². The highest BCUT2D eigenvalue weighted by atomic mass is 19.1. The molecule has 0 unspecified atom stereocenters. The first-order valence-corrected chi connectivity index (χ1v) is 27.2. The molecule has 0 aliphatic heterocycles. The second kappa shape index (κ2) is 19.0. The molecule has 0 N–H and O–H groups in total. The summed E-state index contributed by atoms with van der Waals surface area (Å²) in [5.41, 5.74) is 29.6. The van der Waals surface area contributed by atoms with Crippen molar-refractivity contribution in [3.05, 3.63) is 235 Å². The Morgan fingerprint density at radius 1 is 0.304 bits per heavy atom. The summed E-state index contributed by atoms with van der Waals surface area (Å²) in [7, 11) is 0. The smallest absolute Gasteiger partial charge is 0.132 e. The van der Waals surface area contributed by atoms with Gasteiger partial charge in [0.2, 0.25) is 0 Å². The van der Waals surface area contributed by atoms with Crippen LogP contribution in [0.2, 0.25) is 0 Å². The summed E-state index contributed by atoms with van der Waals surface area (Å²) in [5, 5.41) is 25.8. The SMILES string of the molecule is Cc1cc(C)c(-c2ccc3c4ccc(-c5c(C)cc(C)cc5C)cc4n(-c4cc(C#N)cc(-n5c6cc(-c7c(C)cc(C)cc7C)ccc6c6ccc(-c7c(C)cc(C)cc7C)cc65)c4-c4ccc(C#N)cc4F)c3c2)c(C)c1. The number of hydrogen-bond donors (Lipinski definition) is 0. The lowest BCUT2D eigenvalue weighted by atomic mass is 9.92. The van der Waals surface area contributed by atoms with Crippen LogP contribution in [0.5, 0.6) is 0 Å². The molecule has 0 fully saturated rings. The molecule has 2 aromatic heterocycles. The highest BCUT2D eigenvalue weighted by Gasteiger charge is 2.27. The van der Waals surface area contributed by atoms with Gasteiger partial charge in [-0.05, 0) is 227 Å². The van der Waals surface area contributed by atoms with Gasteiger partial charge in [-0.2, -0.15) is 10.5 Å². The molecule has 12 aromatic rings. The van der Waals surface area contributed by atoms with E-state index in [0.717, 1.165) is 88.1 Å². The largest absolute Gasteiger partial charge is 0.308 e. The van der Waals surface area contributed by atoms with Crippen LogP contribution >= 0.6 is 0 Å². The molecule has 0 amide bonds. The van der Waals surface area contributed by atoms with Crippen molar-refractivity contribution in [2.75, 3.05) is 0 Å². The van der Waals surface area contributed by atoms with Gasteiger partial charge in [-0.25, -0.2) is 4.39 Å². The van der Waals surface area contributed by atoms with E-state index in [9.17, 15) is 10.5 Å². The number of halogens is 1. The fourth-order valence-corrected chi connectivity index (χ4v) is 13.8. The minimum Gasteiger partial charge on any atom is -0.308 e. The van der Waals surface area contributed by atoms with Gasteiger partial charge in [0.1, 0.15) is 5.82 Å². The molecule has 0 radical (unpaired) electrons. The second-order valence-electron chi connectivity index (χ2n) is 22.5. The molecule has 384 valence electrons. The van der Waals surface area contributed by atoms with Gasteiger partial charge in [-0.3, -0.25) is 0 Å². The standard InChI is InChI=1S/C74H61FN4/c1-40-23-44(5)70(45(6)24-40)54-14-19-58-59-20-15-55(71-46(7)25-41(2)26-47(71)8)35-65(59)78(64(58)34-54)68-32-53(39-77)33-69(74(68)62-18-13-52(38-76)31-63(62)75)79-66-36-56(72-48(9)27-42(3)28-49(72)10)16-21-60(66)61-22-17-57(37-67(61)79)73-50(11)29-43(4)30-51(73)12/h13-37H,1-12H3. The molecule has 0 aliphatic carbocycles. The fraction of sp³-hybridized carbons (Fsp3) is 0.162. The number of benzene rings is 10. The van der Waals surface area contributed by atoms with Gasteiger partial charge in [-0.15, -0.1) is 0 Å². The van der Waals surface area contributed by atoms with E-state index >= 15 is 4.39 Å². The van der Waals surface area contributed by atoms with Crippen molar-refractivity contribution < 1.29 is 4.39 Å². The Balaban J connectivity index is 1.28. The number of rotatable bonds is 7. The van der Waals surface area contributed by atoms with E-state index in [-0.39, 0.29) is 5.56 Å². The zero-order valence-electron chi connectivity index (χ0n) is 47.1. The quantitative estimate of drug-likeness (QED) is 0.160. The molecule has 0 spiro atoms. The maximum absolute atomic E-state index is 17.8. The van der Waals surface area contributed by atoms with Gasteiger partial charge in [-0.1, -0.05) is 119 Å². The summed E-state index contributed by atoms with van der Waals surface area (Å²) in [5.74, 6) is -0.538. The van der Waals surface area contributed by atoms with E-state index in [0.29, 0.717) is 28.1 Å². The van der Waals surface area contributed by atoms with Crippen LogP contribution in [0.25, 0.3) is 111 Å². The average molecular weight is 1030 g/mol. The number of fused-ring (bicyclic) bond motifs is 6. The highest BCUT2D eigenvalue weighted by Crippen LogP contribution is 2.47. The summed E-state index contributed by atoms with van der Waals surface area (Å²) in [6, 6.07) is 58.2. The summed E-state index contributed by atoms with van der Waals surface area (Å²) >= 11 is 0.